The van der Waals surface area contributed by atoms with Crippen LogP contribution < -0.4 is 4.74 Å². The van der Waals surface area contributed by atoms with Crippen molar-refractivity contribution in [3.8, 4) is 5.75 Å². The van der Waals surface area contributed by atoms with Gasteiger partial charge >= 0.3 is 0 Å². The van der Waals surface area contributed by atoms with E-state index >= 15 is 0 Å². The van der Waals surface area contributed by atoms with Crippen LogP contribution in [0.5, 0.6) is 5.75 Å². The fraction of sp³-hybridized carbons (Fsp3) is 0.625. The number of aliphatic hydroxyl groups is 1. The van der Waals surface area contributed by atoms with Crippen molar-refractivity contribution in [1.82, 2.24) is 9.80 Å². The van der Waals surface area contributed by atoms with Gasteiger partial charge in [-0.3, -0.25) is 9.80 Å². The van der Waals surface area contributed by atoms with Crippen molar-refractivity contribution < 1.29 is 9.84 Å². The lowest BCUT2D eigenvalue weighted by Crippen LogP contribution is -2.54. The summed E-state index contributed by atoms with van der Waals surface area (Å²) in [6.45, 7) is 6.24. The topological polar surface area (TPSA) is 35.9 Å². The molecule has 4 nitrogen and oxygen atoms in total. The Kier molecular flexibility index (Phi) is 3.96. The molecule has 0 aliphatic carbocycles. The summed E-state index contributed by atoms with van der Waals surface area (Å²) in [7, 11) is 1.70. The van der Waals surface area contributed by atoms with Crippen LogP contribution in [0, 0.1) is 0 Å². The predicted molar refractivity (Wildman–Crippen MR) is 78.9 cm³/mol. The third-order valence-corrected chi connectivity index (χ3v) is 4.62. The van der Waals surface area contributed by atoms with E-state index in [0.29, 0.717) is 12.1 Å². The lowest BCUT2D eigenvalue weighted by Gasteiger charge is -2.42. The van der Waals surface area contributed by atoms with Gasteiger partial charge in [0.15, 0.2) is 0 Å². The number of hydrogen-bond donors (Lipinski definition) is 1. The van der Waals surface area contributed by atoms with Crippen LogP contribution in [0.15, 0.2) is 24.3 Å². The lowest BCUT2D eigenvalue weighted by atomic mass is 10.1. The molecule has 1 aromatic carbocycles. The first-order chi connectivity index (χ1) is 9.65. The summed E-state index contributed by atoms with van der Waals surface area (Å²) in [5.74, 6) is 0.908. The zero-order valence-electron chi connectivity index (χ0n) is 12.3. The summed E-state index contributed by atoms with van der Waals surface area (Å²) in [6.07, 6.45) is 0.791. The molecule has 0 radical (unpaired) electrons. The molecular formula is C16H24N2O2. The monoisotopic (exact) mass is 276 g/mol. The molecule has 0 bridgehead atoms. The fourth-order valence-electron chi connectivity index (χ4n) is 3.46. The van der Waals surface area contributed by atoms with E-state index in [4.69, 9.17) is 4.74 Å². The van der Waals surface area contributed by atoms with Gasteiger partial charge in [0.05, 0.1) is 13.2 Å². The highest BCUT2D eigenvalue weighted by Gasteiger charge is 2.37. The molecule has 2 saturated heterocycles. The van der Waals surface area contributed by atoms with Crippen molar-refractivity contribution in [1.29, 1.82) is 0 Å². The molecule has 2 aliphatic heterocycles. The Morgan fingerprint density at radius 2 is 1.95 bits per heavy atom. The largest absolute Gasteiger partial charge is 0.497 e. The Morgan fingerprint density at radius 3 is 2.65 bits per heavy atom. The number of ether oxygens (including phenoxy) is 1. The van der Waals surface area contributed by atoms with E-state index in [2.05, 4.69) is 28.9 Å². The molecule has 3 rings (SSSR count). The molecule has 0 unspecified atom stereocenters. The number of nitrogens with zero attached hydrogens (tertiary/aromatic N) is 2. The second-order valence-electron chi connectivity index (χ2n) is 6.12. The highest BCUT2D eigenvalue weighted by atomic mass is 16.5. The van der Waals surface area contributed by atoms with E-state index < -0.39 is 0 Å². The van der Waals surface area contributed by atoms with Gasteiger partial charge in [0.25, 0.3) is 0 Å². The van der Waals surface area contributed by atoms with Crippen LogP contribution in [0.4, 0.5) is 0 Å². The van der Waals surface area contributed by atoms with Crippen LogP contribution in [-0.4, -0.2) is 59.8 Å². The second kappa shape index (κ2) is 5.72. The van der Waals surface area contributed by atoms with Gasteiger partial charge in [0, 0.05) is 38.3 Å². The van der Waals surface area contributed by atoms with Crippen molar-refractivity contribution in [2.75, 3.05) is 26.7 Å². The van der Waals surface area contributed by atoms with Gasteiger partial charge < -0.3 is 9.84 Å². The van der Waals surface area contributed by atoms with Gasteiger partial charge in [-0.05, 0) is 31.0 Å². The molecule has 2 fully saturated rings. The molecule has 0 aromatic heterocycles. The van der Waals surface area contributed by atoms with E-state index in [1.165, 1.54) is 5.56 Å². The van der Waals surface area contributed by atoms with Gasteiger partial charge in [-0.2, -0.15) is 0 Å². The molecule has 2 aliphatic rings. The first kappa shape index (κ1) is 13.9. The average Bonchev–Trinajstić information content (AvgIpc) is 2.79. The molecule has 1 aromatic rings. The number of piperazine rings is 1. The summed E-state index contributed by atoms with van der Waals surface area (Å²) in [6, 6.07) is 9.40. The second-order valence-corrected chi connectivity index (χ2v) is 6.12. The minimum Gasteiger partial charge on any atom is -0.497 e. The highest BCUT2D eigenvalue weighted by molar-refractivity contribution is 5.27. The van der Waals surface area contributed by atoms with Crippen LogP contribution in [0.3, 0.4) is 0 Å². The smallest absolute Gasteiger partial charge is 0.118 e. The molecule has 1 N–H and O–H groups in total. The van der Waals surface area contributed by atoms with Crippen LogP contribution >= 0.6 is 0 Å². The molecule has 110 valence electrons. The predicted octanol–water partition coefficient (Wildman–Crippen LogP) is 1.33. The number of fused-ring (bicyclic) bond motifs is 1. The number of rotatable bonds is 3. The highest BCUT2D eigenvalue weighted by Crippen LogP contribution is 2.26. The first-order valence-corrected chi connectivity index (χ1v) is 7.45. The lowest BCUT2D eigenvalue weighted by molar-refractivity contribution is 0.0528. The minimum absolute atomic E-state index is 0.131. The van der Waals surface area contributed by atoms with Gasteiger partial charge in [-0.1, -0.05) is 12.1 Å². The first-order valence-electron chi connectivity index (χ1n) is 7.45. The molecule has 20 heavy (non-hydrogen) atoms. The SMILES string of the molecule is COc1ccc(CN2C[C@@H]3C[C@@H](O)CN3C[C@H]2C)cc1. The summed E-state index contributed by atoms with van der Waals surface area (Å²) < 4.78 is 5.20. The van der Waals surface area contributed by atoms with E-state index in [9.17, 15) is 5.11 Å². The van der Waals surface area contributed by atoms with E-state index in [1.54, 1.807) is 7.11 Å². The standard InChI is InChI=1S/C16H24N2O2/c1-12-8-18-11-15(19)7-14(18)10-17(12)9-13-3-5-16(20-2)6-4-13/h3-6,12,14-15,19H,7-11H2,1-2H3/t12-,14+,15-/m1/s1. The van der Waals surface area contributed by atoms with Crippen LogP contribution in [0.2, 0.25) is 0 Å². The maximum absolute atomic E-state index is 9.81. The van der Waals surface area contributed by atoms with Gasteiger partial charge in [0.1, 0.15) is 5.75 Å². The number of benzene rings is 1. The van der Waals surface area contributed by atoms with Gasteiger partial charge in [0.2, 0.25) is 0 Å². The van der Waals surface area contributed by atoms with Crippen LogP contribution in [-0.2, 0) is 6.54 Å². The number of hydrogen-bond acceptors (Lipinski definition) is 4. The summed E-state index contributed by atoms with van der Waals surface area (Å²) in [4.78, 5) is 4.97. The molecule has 0 spiro atoms. The van der Waals surface area contributed by atoms with Crippen LogP contribution in [0.25, 0.3) is 0 Å². The van der Waals surface area contributed by atoms with E-state index in [-0.39, 0.29) is 6.10 Å². The third-order valence-electron chi connectivity index (χ3n) is 4.62. The average molecular weight is 276 g/mol. The molecule has 3 atom stereocenters. The van der Waals surface area contributed by atoms with Crippen molar-refractivity contribution >= 4 is 0 Å². The number of aliphatic hydroxyl groups excluding tert-OH is 1. The minimum atomic E-state index is -0.131. The third kappa shape index (κ3) is 2.82. The summed E-state index contributed by atoms with van der Waals surface area (Å²) in [5, 5.41) is 9.81. The zero-order chi connectivity index (χ0) is 14.1. The van der Waals surface area contributed by atoms with E-state index in [0.717, 1.165) is 38.3 Å². The molecule has 0 amide bonds. The van der Waals surface area contributed by atoms with Crippen molar-refractivity contribution in [3.05, 3.63) is 29.8 Å². The van der Waals surface area contributed by atoms with Gasteiger partial charge in [-0.15, -0.1) is 0 Å². The van der Waals surface area contributed by atoms with Crippen molar-refractivity contribution in [2.24, 2.45) is 0 Å². The Morgan fingerprint density at radius 1 is 1.20 bits per heavy atom. The Labute approximate surface area is 120 Å². The van der Waals surface area contributed by atoms with Crippen molar-refractivity contribution in [2.45, 2.75) is 38.1 Å². The maximum atomic E-state index is 9.81. The maximum Gasteiger partial charge on any atom is 0.118 e. The van der Waals surface area contributed by atoms with Crippen molar-refractivity contribution in [3.63, 3.8) is 0 Å². The number of methoxy groups -OCH3 is 1. The zero-order valence-corrected chi connectivity index (χ0v) is 12.3. The Hall–Kier alpha value is -1.10. The molecule has 4 heteroatoms. The normalized spacial score (nSPS) is 31.2. The van der Waals surface area contributed by atoms with Gasteiger partial charge in [-0.25, -0.2) is 0 Å². The molecule has 2 heterocycles. The summed E-state index contributed by atoms with van der Waals surface area (Å²) >= 11 is 0. The molecule has 0 saturated carbocycles. The quantitative estimate of drug-likeness (QED) is 0.903. The Balaban J connectivity index is 1.64. The Bertz CT molecular complexity index is 448. The van der Waals surface area contributed by atoms with E-state index in [1.807, 2.05) is 12.1 Å². The summed E-state index contributed by atoms with van der Waals surface area (Å²) in [5.41, 5.74) is 1.32. The fourth-order valence-corrected chi connectivity index (χ4v) is 3.46. The molecular weight excluding hydrogens is 252 g/mol. The van der Waals surface area contributed by atoms with Crippen LogP contribution in [0.1, 0.15) is 18.9 Å².